The predicted octanol–water partition coefficient (Wildman–Crippen LogP) is 1.44. The summed E-state index contributed by atoms with van der Waals surface area (Å²) in [6.07, 6.45) is 1.56. The second-order valence-corrected chi connectivity index (χ2v) is 5.42. The van der Waals surface area contributed by atoms with Gasteiger partial charge in [0.2, 0.25) is 0 Å². The quantitative estimate of drug-likeness (QED) is 0.686. The number of amides is 2. The van der Waals surface area contributed by atoms with E-state index in [1.807, 2.05) is 0 Å². The topological polar surface area (TPSA) is 104 Å². The van der Waals surface area contributed by atoms with E-state index >= 15 is 0 Å². The van der Waals surface area contributed by atoms with Crippen molar-refractivity contribution in [3.63, 3.8) is 0 Å². The Morgan fingerprint density at radius 3 is 2.62 bits per heavy atom. The molecule has 26 heavy (non-hydrogen) atoms. The predicted molar refractivity (Wildman–Crippen MR) is 93.0 cm³/mol. The average Bonchev–Trinajstić information content (AvgIpc) is 3.15. The van der Waals surface area contributed by atoms with Gasteiger partial charge in [0.25, 0.3) is 11.8 Å². The van der Waals surface area contributed by atoms with Crippen LogP contribution in [-0.4, -0.2) is 50.7 Å². The lowest BCUT2D eigenvalue weighted by Crippen LogP contribution is -2.33. The van der Waals surface area contributed by atoms with E-state index in [0.29, 0.717) is 42.5 Å². The molecule has 0 saturated heterocycles. The third-order valence-corrected chi connectivity index (χ3v) is 3.56. The molecular weight excluding hydrogens is 340 g/mol. The zero-order chi connectivity index (χ0) is 18.9. The smallest absolute Gasteiger partial charge is 0.255 e. The number of nitrogens with two attached hydrogens (primary N) is 1. The maximum Gasteiger partial charge on any atom is 0.255 e. The summed E-state index contributed by atoms with van der Waals surface area (Å²) in [6.45, 7) is 0.835. The van der Waals surface area contributed by atoms with Gasteiger partial charge in [0.1, 0.15) is 5.76 Å². The largest absolute Gasteiger partial charge is 0.493 e. The van der Waals surface area contributed by atoms with E-state index in [1.165, 1.54) is 7.11 Å². The van der Waals surface area contributed by atoms with E-state index < -0.39 is 5.91 Å². The second kappa shape index (κ2) is 9.47. The first-order chi connectivity index (χ1) is 12.5. The standard InChI is InChI=1S/C18H22N2O6/c1-23-9-7-20(11-14-4-3-8-25-14)18(22)13-5-6-15(16(10-13)24-2)26-12-17(19)21/h3-6,8,10H,7,9,11-12H2,1-2H3,(H2,19,21). The lowest BCUT2D eigenvalue weighted by molar-refractivity contribution is -0.119. The highest BCUT2D eigenvalue weighted by Crippen LogP contribution is 2.28. The summed E-state index contributed by atoms with van der Waals surface area (Å²) < 4.78 is 20.9. The van der Waals surface area contributed by atoms with Gasteiger partial charge < -0.3 is 29.3 Å². The first-order valence-electron chi connectivity index (χ1n) is 7.95. The summed E-state index contributed by atoms with van der Waals surface area (Å²) in [6, 6.07) is 8.29. The Kier molecular flexibility index (Phi) is 7.04. The number of benzene rings is 1. The van der Waals surface area contributed by atoms with Crippen LogP contribution >= 0.6 is 0 Å². The molecule has 1 aromatic carbocycles. The number of furan rings is 1. The molecule has 0 atom stereocenters. The highest BCUT2D eigenvalue weighted by Gasteiger charge is 2.19. The lowest BCUT2D eigenvalue weighted by atomic mass is 10.1. The first-order valence-corrected chi connectivity index (χ1v) is 7.95. The minimum absolute atomic E-state index is 0.210. The molecule has 2 rings (SSSR count). The molecule has 8 heteroatoms. The summed E-state index contributed by atoms with van der Waals surface area (Å²) in [5, 5.41) is 0. The van der Waals surface area contributed by atoms with Gasteiger partial charge in [-0.1, -0.05) is 0 Å². The van der Waals surface area contributed by atoms with Crippen LogP contribution in [0, 0.1) is 0 Å². The molecule has 140 valence electrons. The van der Waals surface area contributed by atoms with Crippen LogP contribution in [-0.2, 0) is 16.1 Å². The Morgan fingerprint density at radius 1 is 1.19 bits per heavy atom. The molecule has 0 aliphatic rings. The summed E-state index contributed by atoms with van der Waals surface area (Å²) in [5.74, 6) is 0.525. The van der Waals surface area contributed by atoms with Crippen LogP contribution in [0.15, 0.2) is 41.0 Å². The minimum Gasteiger partial charge on any atom is -0.493 e. The van der Waals surface area contributed by atoms with Crippen molar-refractivity contribution in [2.75, 3.05) is 34.0 Å². The van der Waals surface area contributed by atoms with E-state index in [1.54, 1.807) is 48.6 Å². The van der Waals surface area contributed by atoms with E-state index in [-0.39, 0.29) is 12.5 Å². The fourth-order valence-corrected chi connectivity index (χ4v) is 2.30. The van der Waals surface area contributed by atoms with Crippen LogP contribution in [0.4, 0.5) is 0 Å². The van der Waals surface area contributed by atoms with Crippen molar-refractivity contribution < 1.29 is 28.2 Å². The van der Waals surface area contributed by atoms with Gasteiger partial charge in [-0.05, 0) is 30.3 Å². The number of nitrogens with zero attached hydrogens (tertiary/aromatic N) is 1. The number of hydrogen-bond acceptors (Lipinski definition) is 6. The van der Waals surface area contributed by atoms with E-state index in [4.69, 9.17) is 24.4 Å². The fourth-order valence-electron chi connectivity index (χ4n) is 2.30. The van der Waals surface area contributed by atoms with Crippen molar-refractivity contribution in [3.05, 3.63) is 47.9 Å². The van der Waals surface area contributed by atoms with Crippen molar-refractivity contribution in [1.29, 1.82) is 0 Å². The van der Waals surface area contributed by atoms with Gasteiger partial charge in [0.15, 0.2) is 18.1 Å². The molecule has 0 aliphatic carbocycles. The van der Waals surface area contributed by atoms with Crippen LogP contribution < -0.4 is 15.2 Å². The highest BCUT2D eigenvalue weighted by molar-refractivity contribution is 5.95. The third-order valence-electron chi connectivity index (χ3n) is 3.56. The summed E-state index contributed by atoms with van der Waals surface area (Å²) in [7, 11) is 3.02. The number of ether oxygens (including phenoxy) is 3. The maximum absolute atomic E-state index is 12.9. The van der Waals surface area contributed by atoms with Gasteiger partial charge in [-0.25, -0.2) is 0 Å². The molecule has 1 heterocycles. The second-order valence-electron chi connectivity index (χ2n) is 5.42. The van der Waals surface area contributed by atoms with Gasteiger partial charge in [-0.2, -0.15) is 0 Å². The molecule has 2 N–H and O–H groups in total. The van der Waals surface area contributed by atoms with Crippen LogP contribution in [0.3, 0.4) is 0 Å². The molecule has 0 unspecified atom stereocenters. The number of carbonyl (C=O) groups excluding carboxylic acids is 2. The molecule has 0 saturated carbocycles. The van der Waals surface area contributed by atoms with Gasteiger partial charge in [-0.3, -0.25) is 9.59 Å². The van der Waals surface area contributed by atoms with Crippen LogP contribution in [0.2, 0.25) is 0 Å². The van der Waals surface area contributed by atoms with Gasteiger partial charge in [0.05, 0.1) is 26.5 Å². The molecule has 8 nitrogen and oxygen atoms in total. The van der Waals surface area contributed by atoms with Gasteiger partial charge in [0, 0.05) is 19.2 Å². The first kappa shape index (κ1) is 19.3. The minimum atomic E-state index is -0.601. The highest BCUT2D eigenvalue weighted by atomic mass is 16.5. The molecule has 2 amide bonds. The normalized spacial score (nSPS) is 10.4. The van der Waals surface area contributed by atoms with E-state index in [9.17, 15) is 9.59 Å². The number of methoxy groups -OCH3 is 2. The van der Waals surface area contributed by atoms with Crippen LogP contribution in [0.25, 0.3) is 0 Å². The van der Waals surface area contributed by atoms with Crippen LogP contribution in [0.5, 0.6) is 11.5 Å². The molecule has 0 fully saturated rings. The molecule has 0 aliphatic heterocycles. The Labute approximate surface area is 151 Å². The number of carbonyl (C=O) groups is 2. The Bertz CT molecular complexity index is 729. The number of rotatable bonds is 10. The Balaban J connectivity index is 2.19. The van der Waals surface area contributed by atoms with Crippen molar-refractivity contribution in [1.82, 2.24) is 4.90 Å². The maximum atomic E-state index is 12.9. The van der Waals surface area contributed by atoms with Crippen molar-refractivity contribution in [2.24, 2.45) is 5.73 Å². The van der Waals surface area contributed by atoms with E-state index in [0.717, 1.165) is 0 Å². The molecular formula is C18H22N2O6. The van der Waals surface area contributed by atoms with Gasteiger partial charge >= 0.3 is 0 Å². The number of hydrogen-bond donors (Lipinski definition) is 1. The summed E-state index contributed by atoms with van der Waals surface area (Å²) in [5.41, 5.74) is 5.49. The van der Waals surface area contributed by atoms with E-state index in [2.05, 4.69) is 0 Å². The Hall–Kier alpha value is -3.00. The fraction of sp³-hybridized carbons (Fsp3) is 0.333. The van der Waals surface area contributed by atoms with Crippen LogP contribution in [0.1, 0.15) is 16.1 Å². The lowest BCUT2D eigenvalue weighted by Gasteiger charge is -2.22. The molecule has 0 bridgehead atoms. The Morgan fingerprint density at radius 2 is 2.00 bits per heavy atom. The number of primary amides is 1. The third kappa shape index (κ3) is 5.25. The average molecular weight is 362 g/mol. The zero-order valence-corrected chi connectivity index (χ0v) is 14.8. The molecule has 0 radical (unpaired) electrons. The summed E-state index contributed by atoms with van der Waals surface area (Å²) in [4.78, 5) is 25.4. The monoisotopic (exact) mass is 362 g/mol. The SMILES string of the molecule is COCCN(Cc1ccco1)C(=O)c1ccc(OCC(N)=O)c(OC)c1. The van der Waals surface area contributed by atoms with Crippen molar-refractivity contribution in [3.8, 4) is 11.5 Å². The molecule has 1 aromatic heterocycles. The van der Waals surface area contributed by atoms with Crippen molar-refractivity contribution in [2.45, 2.75) is 6.54 Å². The molecule has 0 spiro atoms. The zero-order valence-electron chi connectivity index (χ0n) is 14.8. The molecule has 2 aromatic rings. The summed E-state index contributed by atoms with van der Waals surface area (Å²) >= 11 is 0. The van der Waals surface area contributed by atoms with Gasteiger partial charge in [-0.15, -0.1) is 0 Å². The van der Waals surface area contributed by atoms with Crippen molar-refractivity contribution >= 4 is 11.8 Å².